The number of likely N-dealkylation sites (N-methyl/N-ethyl adjacent to an activating group) is 1. The fraction of sp³-hybridized carbons (Fsp3) is 0.385. The molecule has 2 rings (SSSR count). The van der Waals surface area contributed by atoms with Crippen molar-refractivity contribution in [2.45, 2.75) is 12.6 Å². The maximum Gasteiger partial charge on any atom is 0.318 e. The standard InChI is InChI=1S/C13H17N3O2/c1-15(2)12(17)11-9-16(13(18)14-11)8-10-6-4-3-5-7-10/h3-7,11H,8-9H2,1-2H3,(H,14,18). The van der Waals surface area contributed by atoms with Crippen molar-refractivity contribution in [3.8, 4) is 0 Å². The molecule has 3 amide bonds. The number of hydrogen-bond acceptors (Lipinski definition) is 2. The summed E-state index contributed by atoms with van der Waals surface area (Å²) >= 11 is 0. The highest BCUT2D eigenvalue weighted by Gasteiger charge is 2.33. The van der Waals surface area contributed by atoms with Gasteiger partial charge < -0.3 is 15.1 Å². The molecule has 5 heteroatoms. The van der Waals surface area contributed by atoms with E-state index in [0.29, 0.717) is 13.1 Å². The van der Waals surface area contributed by atoms with Crippen LogP contribution >= 0.6 is 0 Å². The van der Waals surface area contributed by atoms with Gasteiger partial charge in [-0.1, -0.05) is 30.3 Å². The molecule has 1 aliphatic heterocycles. The van der Waals surface area contributed by atoms with Crippen molar-refractivity contribution < 1.29 is 9.59 Å². The summed E-state index contributed by atoms with van der Waals surface area (Å²) in [5, 5.41) is 2.70. The van der Waals surface area contributed by atoms with Gasteiger partial charge in [0.15, 0.2) is 0 Å². The highest BCUT2D eigenvalue weighted by Crippen LogP contribution is 2.11. The van der Waals surface area contributed by atoms with Crippen molar-refractivity contribution in [3.05, 3.63) is 35.9 Å². The predicted molar refractivity (Wildman–Crippen MR) is 67.9 cm³/mol. The van der Waals surface area contributed by atoms with Gasteiger partial charge in [0.2, 0.25) is 5.91 Å². The van der Waals surface area contributed by atoms with Crippen molar-refractivity contribution in [3.63, 3.8) is 0 Å². The first-order chi connectivity index (χ1) is 8.58. The second kappa shape index (κ2) is 5.08. The molecule has 0 spiro atoms. The molecule has 0 saturated carbocycles. The average Bonchev–Trinajstić information content (AvgIpc) is 2.71. The second-order valence-corrected chi connectivity index (χ2v) is 4.60. The SMILES string of the molecule is CN(C)C(=O)C1CN(Cc2ccccc2)C(=O)N1. The van der Waals surface area contributed by atoms with Crippen molar-refractivity contribution in [1.29, 1.82) is 0 Å². The van der Waals surface area contributed by atoms with Gasteiger partial charge in [-0.2, -0.15) is 0 Å². The Morgan fingerprint density at radius 2 is 2.06 bits per heavy atom. The summed E-state index contributed by atoms with van der Waals surface area (Å²) in [5.74, 6) is -0.0705. The van der Waals surface area contributed by atoms with E-state index in [1.807, 2.05) is 30.3 Å². The van der Waals surface area contributed by atoms with E-state index in [1.54, 1.807) is 19.0 Å². The van der Waals surface area contributed by atoms with Crippen LogP contribution in [0.3, 0.4) is 0 Å². The third-order valence-corrected chi connectivity index (χ3v) is 2.94. The van der Waals surface area contributed by atoms with Gasteiger partial charge in [0.05, 0.1) is 6.54 Å². The van der Waals surface area contributed by atoms with Crippen LogP contribution in [-0.4, -0.2) is 48.4 Å². The van der Waals surface area contributed by atoms with Gasteiger partial charge in [0.1, 0.15) is 6.04 Å². The van der Waals surface area contributed by atoms with Gasteiger partial charge in [-0.05, 0) is 5.56 Å². The lowest BCUT2D eigenvalue weighted by atomic mass is 10.2. The van der Waals surface area contributed by atoms with Crippen LogP contribution in [0.2, 0.25) is 0 Å². The monoisotopic (exact) mass is 247 g/mol. The summed E-state index contributed by atoms with van der Waals surface area (Å²) in [5.41, 5.74) is 1.06. The highest BCUT2D eigenvalue weighted by atomic mass is 16.2. The zero-order valence-corrected chi connectivity index (χ0v) is 10.6. The summed E-state index contributed by atoms with van der Waals surface area (Å²) in [6.45, 7) is 0.953. The molecule has 96 valence electrons. The van der Waals surface area contributed by atoms with Crippen LogP contribution in [0, 0.1) is 0 Å². The number of urea groups is 1. The van der Waals surface area contributed by atoms with E-state index in [1.165, 1.54) is 4.90 Å². The van der Waals surface area contributed by atoms with E-state index in [0.717, 1.165) is 5.56 Å². The molecule has 1 saturated heterocycles. The Morgan fingerprint density at radius 1 is 1.39 bits per heavy atom. The van der Waals surface area contributed by atoms with Crippen molar-refractivity contribution in [2.75, 3.05) is 20.6 Å². The topological polar surface area (TPSA) is 52.7 Å². The molecule has 1 N–H and O–H groups in total. The molecule has 0 aliphatic carbocycles. The van der Waals surface area contributed by atoms with E-state index < -0.39 is 6.04 Å². The molecule has 1 heterocycles. The van der Waals surface area contributed by atoms with Crippen LogP contribution in [0.5, 0.6) is 0 Å². The first kappa shape index (κ1) is 12.4. The largest absolute Gasteiger partial charge is 0.347 e. The molecule has 5 nitrogen and oxygen atoms in total. The number of nitrogens with one attached hydrogen (secondary N) is 1. The Hall–Kier alpha value is -2.04. The normalized spacial score (nSPS) is 18.7. The number of hydrogen-bond donors (Lipinski definition) is 1. The zero-order valence-electron chi connectivity index (χ0n) is 10.6. The molecule has 1 unspecified atom stereocenters. The summed E-state index contributed by atoms with van der Waals surface area (Å²) < 4.78 is 0. The van der Waals surface area contributed by atoms with Crippen molar-refractivity contribution in [1.82, 2.24) is 15.1 Å². The highest BCUT2D eigenvalue weighted by molar-refractivity contribution is 5.90. The predicted octanol–water partition coefficient (Wildman–Crippen LogP) is 0.669. The van der Waals surface area contributed by atoms with Crippen LogP contribution in [0.15, 0.2) is 30.3 Å². The Balaban J connectivity index is 2.00. The summed E-state index contributed by atoms with van der Waals surface area (Å²) in [6, 6.07) is 9.13. The van der Waals surface area contributed by atoms with Gasteiger partial charge in [0.25, 0.3) is 0 Å². The van der Waals surface area contributed by atoms with Crippen molar-refractivity contribution >= 4 is 11.9 Å². The van der Waals surface area contributed by atoms with Crippen LogP contribution in [-0.2, 0) is 11.3 Å². The number of nitrogens with zero attached hydrogens (tertiary/aromatic N) is 2. The van der Waals surface area contributed by atoms with Gasteiger partial charge in [-0.25, -0.2) is 4.79 Å². The van der Waals surface area contributed by atoms with E-state index in [-0.39, 0.29) is 11.9 Å². The smallest absolute Gasteiger partial charge is 0.318 e. The Bertz CT molecular complexity index is 445. The summed E-state index contributed by atoms with van der Waals surface area (Å²) in [6.07, 6.45) is 0. The maximum absolute atomic E-state index is 11.8. The first-order valence-electron chi connectivity index (χ1n) is 5.88. The van der Waals surface area contributed by atoms with Gasteiger partial charge in [-0.3, -0.25) is 4.79 Å². The summed E-state index contributed by atoms with van der Waals surface area (Å²) in [7, 11) is 3.38. The third-order valence-electron chi connectivity index (χ3n) is 2.94. The molecule has 1 aromatic rings. The quantitative estimate of drug-likeness (QED) is 0.853. The molecular formula is C13H17N3O2. The fourth-order valence-corrected chi connectivity index (χ4v) is 1.98. The third kappa shape index (κ3) is 2.61. The minimum atomic E-state index is -0.434. The summed E-state index contributed by atoms with van der Waals surface area (Å²) in [4.78, 5) is 26.7. The van der Waals surface area contributed by atoms with E-state index in [9.17, 15) is 9.59 Å². The van der Waals surface area contributed by atoms with Gasteiger partial charge >= 0.3 is 6.03 Å². The Morgan fingerprint density at radius 3 is 2.67 bits per heavy atom. The van der Waals surface area contributed by atoms with E-state index in [2.05, 4.69) is 5.32 Å². The lowest BCUT2D eigenvalue weighted by molar-refractivity contribution is -0.130. The first-order valence-corrected chi connectivity index (χ1v) is 5.88. The number of carbonyl (C=O) groups is 2. The van der Waals surface area contributed by atoms with Crippen molar-refractivity contribution in [2.24, 2.45) is 0 Å². The number of rotatable bonds is 3. The maximum atomic E-state index is 11.8. The lowest BCUT2D eigenvalue weighted by Crippen LogP contribution is -2.42. The molecule has 0 radical (unpaired) electrons. The van der Waals surface area contributed by atoms with Crippen LogP contribution in [0.1, 0.15) is 5.56 Å². The van der Waals surface area contributed by atoms with Crippen LogP contribution < -0.4 is 5.32 Å². The van der Waals surface area contributed by atoms with Crippen LogP contribution in [0.4, 0.5) is 4.79 Å². The van der Waals surface area contributed by atoms with Gasteiger partial charge in [-0.15, -0.1) is 0 Å². The van der Waals surface area contributed by atoms with Gasteiger partial charge in [0, 0.05) is 20.6 Å². The van der Waals surface area contributed by atoms with E-state index in [4.69, 9.17) is 0 Å². The molecule has 1 atom stereocenters. The Labute approximate surface area is 106 Å². The lowest BCUT2D eigenvalue weighted by Gasteiger charge is -2.16. The number of carbonyl (C=O) groups excluding carboxylic acids is 2. The van der Waals surface area contributed by atoms with Crippen LogP contribution in [0.25, 0.3) is 0 Å². The molecule has 18 heavy (non-hydrogen) atoms. The fourth-order valence-electron chi connectivity index (χ4n) is 1.98. The van der Waals surface area contributed by atoms with E-state index >= 15 is 0 Å². The molecule has 1 fully saturated rings. The Kier molecular flexibility index (Phi) is 3.50. The zero-order chi connectivity index (χ0) is 13.1. The molecule has 0 bridgehead atoms. The molecule has 1 aliphatic rings. The number of amides is 3. The molecule has 1 aromatic carbocycles. The molecular weight excluding hydrogens is 230 g/mol. The average molecular weight is 247 g/mol. The second-order valence-electron chi connectivity index (χ2n) is 4.60. The molecule has 0 aromatic heterocycles. The minimum Gasteiger partial charge on any atom is -0.347 e. The minimum absolute atomic E-state index is 0.0705. The number of benzene rings is 1.